The number of piperidine rings is 1. The molecular formula is C25H33N3O4S. The van der Waals surface area contributed by atoms with Crippen LogP contribution in [0.4, 0.5) is 0 Å². The van der Waals surface area contributed by atoms with Crippen molar-refractivity contribution in [3.63, 3.8) is 0 Å². The van der Waals surface area contributed by atoms with Gasteiger partial charge in [0.1, 0.15) is 5.75 Å². The van der Waals surface area contributed by atoms with Crippen molar-refractivity contribution >= 4 is 15.9 Å². The second-order valence-electron chi connectivity index (χ2n) is 8.79. The second-order valence-corrected chi connectivity index (χ2v) is 10.6. The van der Waals surface area contributed by atoms with Gasteiger partial charge >= 0.3 is 0 Å². The molecule has 2 aliphatic heterocycles. The van der Waals surface area contributed by atoms with E-state index in [2.05, 4.69) is 15.7 Å². The molecule has 0 radical (unpaired) electrons. The zero-order valence-electron chi connectivity index (χ0n) is 19.3. The first kappa shape index (κ1) is 23.7. The number of methoxy groups -OCH3 is 1. The van der Waals surface area contributed by atoms with E-state index < -0.39 is 10.0 Å². The molecule has 0 saturated carbocycles. The monoisotopic (exact) mass is 471 g/mol. The summed E-state index contributed by atoms with van der Waals surface area (Å²) in [6.45, 7) is 4.57. The van der Waals surface area contributed by atoms with E-state index in [0.717, 1.165) is 50.0 Å². The van der Waals surface area contributed by atoms with Crippen LogP contribution in [0.2, 0.25) is 0 Å². The second kappa shape index (κ2) is 10.7. The standard InChI is InChI=1S/C25H33N3O4S/c1-32-24-12-11-22(17-23(24)25(29)28-15-5-2-6-16-28)33(30,31)26-18-20-9-3-4-10-21(20)19-27-13-7-8-14-27/h3-4,9-12,17,26H,2,5-8,13-16,18-19H2,1H3. The van der Waals surface area contributed by atoms with Gasteiger partial charge in [-0.1, -0.05) is 24.3 Å². The average molecular weight is 472 g/mol. The smallest absolute Gasteiger partial charge is 0.257 e. The van der Waals surface area contributed by atoms with E-state index >= 15 is 0 Å². The van der Waals surface area contributed by atoms with Gasteiger partial charge in [0.25, 0.3) is 5.91 Å². The first-order chi connectivity index (χ1) is 16.0. The van der Waals surface area contributed by atoms with Crippen LogP contribution in [-0.4, -0.2) is 57.4 Å². The van der Waals surface area contributed by atoms with Gasteiger partial charge in [-0.2, -0.15) is 0 Å². The lowest BCUT2D eigenvalue weighted by Gasteiger charge is -2.27. The molecule has 4 rings (SSSR count). The van der Waals surface area contributed by atoms with E-state index in [9.17, 15) is 13.2 Å². The largest absolute Gasteiger partial charge is 0.496 e. The molecule has 2 heterocycles. The minimum Gasteiger partial charge on any atom is -0.496 e. The van der Waals surface area contributed by atoms with Gasteiger partial charge in [-0.05, 0) is 74.5 Å². The first-order valence-electron chi connectivity index (χ1n) is 11.7. The number of sulfonamides is 1. The Bertz CT molecular complexity index is 1070. The molecule has 0 atom stereocenters. The van der Waals surface area contributed by atoms with Crippen LogP contribution in [0.5, 0.6) is 5.75 Å². The van der Waals surface area contributed by atoms with Gasteiger partial charge in [0.2, 0.25) is 10.0 Å². The number of nitrogens with one attached hydrogen (secondary N) is 1. The molecule has 1 amide bonds. The van der Waals surface area contributed by atoms with E-state index in [4.69, 9.17) is 4.74 Å². The zero-order valence-corrected chi connectivity index (χ0v) is 20.1. The molecule has 0 bridgehead atoms. The Hall–Kier alpha value is -2.42. The molecule has 1 N–H and O–H groups in total. The Balaban J connectivity index is 1.51. The highest BCUT2D eigenvalue weighted by atomic mass is 32.2. The van der Waals surface area contributed by atoms with Gasteiger partial charge in [-0.15, -0.1) is 0 Å². The third-order valence-corrected chi connectivity index (χ3v) is 7.92. The van der Waals surface area contributed by atoms with Crippen molar-refractivity contribution in [2.45, 2.75) is 50.1 Å². The number of carbonyl (C=O) groups is 1. The number of nitrogens with zero attached hydrogens (tertiary/aromatic N) is 2. The van der Waals surface area contributed by atoms with Crippen LogP contribution < -0.4 is 9.46 Å². The van der Waals surface area contributed by atoms with Crippen molar-refractivity contribution in [1.29, 1.82) is 0 Å². The van der Waals surface area contributed by atoms with Crippen LogP contribution in [-0.2, 0) is 23.1 Å². The van der Waals surface area contributed by atoms with Crippen molar-refractivity contribution in [2.75, 3.05) is 33.3 Å². The molecule has 178 valence electrons. The van der Waals surface area contributed by atoms with Crippen molar-refractivity contribution in [1.82, 2.24) is 14.5 Å². The molecule has 0 aromatic heterocycles. The number of likely N-dealkylation sites (tertiary alicyclic amines) is 2. The maximum absolute atomic E-state index is 13.1. The molecule has 7 nitrogen and oxygen atoms in total. The molecule has 2 aliphatic rings. The summed E-state index contributed by atoms with van der Waals surface area (Å²) in [5, 5.41) is 0. The Morgan fingerprint density at radius 1 is 0.939 bits per heavy atom. The van der Waals surface area contributed by atoms with Crippen molar-refractivity contribution in [3.8, 4) is 5.75 Å². The lowest BCUT2D eigenvalue weighted by molar-refractivity contribution is 0.0720. The summed E-state index contributed by atoms with van der Waals surface area (Å²) >= 11 is 0. The summed E-state index contributed by atoms with van der Waals surface area (Å²) in [5.41, 5.74) is 2.39. The maximum Gasteiger partial charge on any atom is 0.257 e. The lowest BCUT2D eigenvalue weighted by atomic mass is 10.1. The minimum atomic E-state index is -3.80. The number of carbonyl (C=O) groups excluding carboxylic acids is 1. The SMILES string of the molecule is COc1ccc(S(=O)(=O)NCc2ccccc2CN2CCCC2)cc1C(=O)N1CCCCC1. The van der Waals surface area contributed by atoms with Gasteiger partial charge in [-0.25, -0.2) is 13.1 Å². The van der Waals surface area contributed by atoms with Gasteiger partial charge in [0, 0.05) is 26.2 Å². The van der Waals surface area contributed by atoms with E-state index in [1.165, 1.54) is 32.1 Å². The first-order valence-corrected chi connectivity index (χ1v) is 13.2. The Morgan fingerprint density at radius 2 is 1.61 bits per heavy atom. The van der Waals surface area contributed by atoms with Crippen molar-refractivity contribution < 1.29 is 17.9 Å². The van der Waals surface area contributed by atoms with Crippen molar-refractivity contribution in [3.05, 3.63) is 59.2 Å². The number of amides is 1. The molecule has 0 unspecified atom stereocenters. The zero-order chi connectivity index (χ0) is 23.3. The fraction of sp³-hybridized carbons (Fsp3) is 0.480. The normalized spacial score (nSPS) is 17.3. The Labute approximate surface area is 196 Å². The van der Waals surface area contributed by atoms with Gasteiger partial charge in [0.05, 0.1) is 17.6 Å². The quantitative estimate of drug-likeness (QED) is 0.639. The molecule has 2 aromatic rings. The van der Waals surface area contributed by atoms with Gasteiger partial charge in [0.15, 0.2) is 0 Å². The van der Waals surface area contributed by atoms with E-state index in [-0.39, 0.29) is 22.9 Å². The summed E-state index contributed by atoms with van der Waals surface area (Å²) < 4.78 is 34.3. The molecule has 8 heteroatoms. The fourth-order valence-corrected chi connectivity index (χ4v) is 5.64. The topological polar surface area (TPSA) is 79.0 Å². The minimum absolute atomic E-state index is 0.0701. The summed E-state index contributed by atoms with van der Waals surface area (Å²) in [4.78, 5) is 17.3. The van der Waals surface area contributed by atoms with Gasteiger partial charge in [-0.3, -0.25) is 9.69 Å². The fourth-order valence-electron chi connectivity index (χ4n) is 4.61. The summed E-state index contributed by atoms with van der Waals surface area (Å²) in [6.07, 6.45) is 5.46. The number of rotatable bonds is 8. The molecule has 2 saturated heterocycles. The summed E-state index contributed by atoms with van der Waals surface area (Å²) in [5.74, 6) is 0.208. The Morgan fingerprint density at radius 3 is 2.30 bits per heavy atom. The molecule has 0 spiro atoms. The van der Waals surface area contributed by atoms with Crippen LogP contribution in [0.1, 0.15) is 53.6 Å². The molecular weight excluding hydrogens is 438 g/mol. The number of hydrogen-bond donors (Lipinski definition) is 1. The molecule has 2 fully saturated rings. The highest BCUT2D eigenvalue weighted by Crippen LogP contribution is 2.26. The number of hydrogen-bond acceptors (Lipinski definition) is 5. The third kappa shape index (κ3) is 5.75. The van der Waals surface area contributed by atoms with Gasteiger partial charge < -0.3 is 9.64 Å². The maximum atomic E-state index is 13.1. The summed E-state index contributed by atoms with van der Waals surface area (Å²) in [7, 11) is -2.31. The Kier molecular flexibility index (Phi) is 7.67. The van der Waals surface area contributed by atoms with E-state index in [1.54, 1.807) is 11.0 Å². The van der Waals surface area contributed by atoms with Crippen molar-refractivity contribution in [2.24, 2.45) is 0 Å². The number of ether oxygens (including phenoxy) is 1. The van der Waals surface area contributed by atoms with E-state index in [1.807, 2.05) is 18.2 Å². The number of benzene rings is 2. The highest BCUT2D eigenvalue weighted by Gasteiger charge is 2.24. The van der Waals surface area contributed by atoms with Crippen LogP contribution in [0, 0.1) is 0 Å². The van der Waals surface area contributed by atoms with Crippen LogP contribution >= 0.6 is 0 Å². The predicted molar refractivity (Wildman–Crippen MR) is 128 cm³/mol. The molecule has 2 aromatic carbocycles. The summed E-state index contributed by atoms with van der Waals surface area (Å²) in [6, 6.07) is 12.4. The average Bonchev–Trinajstić information content (AvgIpc) is 3.36. The molecule has 33 heavy (non-hydrogen) atoms. The third-order valence-electron chi connectivity index (χ3n) is 6.52. The van der Waals surface area contributed by atoms with E-state index in [0.29, 0.717) is 18.8 Å². The molecule has 0 aliphatic carbocycles. The lowest BCUT2D eigenvalue weighted by Crippen LogP contribution is -2.36. The van der Waals surface area contributed by atoms with Crippen LogP contribution in [0.15, 0.2) is 47.4 Å². The van der Waals surface area contributed by atoms with Crippen LogP contribution in [0.3, 0.4) is 0 Å². The highest BCUT2D eigenvalue weighted by molar-refractivity contribution is 7.89. The van der Waals surface area contributed by atoms with Crippen LogP contribution in [0.25, 0.3) is 0 Å². The predicted octanol–water partition coefficient (Wildman–Crippen LogP) is 3.40.